The first-order valence-corrected chi connectivity index (χ1v) is 12.0. The Labute approximate surface area is 184 Å². The summed E-state index contributed by atoms with van der Waals surface area (Å²) in [6.45, 7) is 1.03. The van der Waals surface area contributed by atoms with Gasteiger partial charge in [0.25, 0.3) is 0 Å². The van der Waals surface area contributed by atoms with Crippen molar-refractivity contribution in [3.63, 3.8) is 0 Å². The van der Waals surface area contributed by atoms with Gasteiger partial charge in [-0.05, 0) is 60.3 Å². The van der Waals surface area contributed by atoms with Crippen LogP contribution in [0.5, 0.6) is 0 Å². The van der Waals surface area contributed by atoms with Crippen LogP contribution >= 0.6 is 11.3 Å². The molecule has 0 unspecified atom stereocenters. The minimum atomic E-state index is 0.238. The average molecular weight is 421 g/mol. The summed E-state index contributed by atoms with van der Waals surface area (Å²) >= 11 is 1.74. The highest BCUT2D eigenvalue weighted by Gasteiger charge is 2.33. The Morgan fingerprint density at radius 1 is 0.967 bits per heavy atom. The first-order valence-electron chi connectivity index (χ1n) is 11.1. The van der Waals surface area contributed by atoms with E-state index in [1.54, 1.807) is 11.3 Å². The van der Waals surface area contributed by atoms with Crippen LogP contribution in [0, 0.1) is 0 Å². The Balaban J connectivity index is 1.42. The third-order valence-corrected chi connectivity index (χ3v) is 7.56. The van der Waals surface area contributed by atoms with Crippen molar-refractivity contribution >= 4 is 27.3 Å². The maximum absolute atomic E-state index is 13.2. The van der Waals surface area contributed by atoms with Crippen LogP contribution in [0.1, 0.15) is 36.8 Å². The zero-order valence-corrected chi connectivity index (χ0v) is 18.9. The van der Waals surface area contributed by atoms with E-state index in [0.717, 1.165) is 24.9 Å². The number of carbonyl (C=O) groups excluding carboxylic acids is 1. The fraction of sp³-hybridized carbons (Fsp3) is 0.423. The second kappa shape index (κ2) is 9.76. The Kier molecular flexibility index (Phi) is 6.86. The number of fused-ring (bicyclic) bond motifs is 1. The van der Waals surface area contributed by atoms with Gasteiger partial charge >= 0.3 is 0 Å². The number of hydrogen-bond acceptors (Lipinski definition) is 3. The van der Waals surface area contributed by atoms with Crippen LogP contribution in [-0.2, 0) is 17.6 Å². The lowest BCUT2D eigenvalue weighted by molar-refractivity contribution is -0.133. The molecule has 0 bridgehead atoms. The molecule has 1 aliphatic rings. The fourth-order valence-electron chi connectivity index (χ4n) is 4.86. The number of amides is 1. The molecule has 4 rings (SSSR count). The van der Waals surface area contributed by atoms with Crippen molar-refractivity contribution < 1.29 is 4.79 Å². The van der Waals surface area contributed by atoms with Gasteiger partial charge in [-0.2, -0.15) is 0 Å². The molecular weight excluding hydrogens is 388 g/mol. The second-order valence-electron chi connectivity index (χ2n) is 8.57. The van der Waals surface area contributed by atoms with Gasteiger partial charge in [0.1, 0.15) is 0 Å². The smallest absolute Gasteiger partial charge is 0.227 e. The van der Waals surface area contributed by atoms with E-state index in [1.165, 1.54) is 34.9 Å². The maximum Gasteiger partial charge on any atom is 0.227 e. The number of benzene rings is 2. The fourth-order valence-corrected chi connectivity index (χ4v) is 5.69. The summed E-state index contributed by atoms with van der Waals surface area (Å²) in [6.07, 6.45) is 6.29. The molecule has 30 heavy (non-hydrogen) atoms. The van der Waals surface area contributed by atoms with E-state index in [9.17, 15) is 4.79 Å². The lowest BCUT2D eigenvalue weighted by Gasteiger charge is -2.42. The summed E-state index contributed by atoms with van der Waals surface area (Å²) in [4.78, 5) is 17.8. The standard InChI is InChI=1S/C26H32N2OS/c1-27(17-15-20-9-4-3-5-10-20)23-12-6-7-13-24(23)28(2)26(29)19-21-11-8-14-25-22(21)16-18-30-25/h3-5,8-11,14,16,18,23-24H,6-7,12-13,15,17,19H2,1-2H3/t23-,24-/m1/s1. The maximum atomic E-state index is 13.2. The number of carbonyl (C=O) groups is 1. The zero-order valence-electron chi connectivity index (χ0n) is 18.1. The normalized spacial score (nSPS) is 19.3. The molecule has 1 heterocycles. The van der Waals surface area contributed by atoms with E-state index in [1.807, 2.05) is 11.9 Å². The lowest BCUT2D eigenvalue weighted by Crippen LogP contribution is -2.53. The molecule has 1 aliphatic carbocycles. The molecule has 0 N–H and O–H groups in total. The number of rotatable bonds is 7. The Bertz CT molecular complexity index is 967. The van der Waals surface area contributed by atoms with Gasteiger partial charge in [-0.15, -0.1) is 11.3 Å². The molecule has 158 valence electrons. The number of likely N-dealkylation sites (N-methyl/N-ethyl adjacent to an activating group) is 2. The van der Waals surface area contributed by atoms with Crippen LogP contribution in [0.15, 0.2) is 60.0 Å². The van der Waals surface area contributed by atoms with E-state index in [0.29, 0.717) is 18.5 Å². The largest absolute Gasteiger partial charge is 0.341 e. The average Bonchev–Trinajstić information content (AvgIpc) is 3.27. The van der Waals surface area contributed by atoms with E-state index in [4.69, 9.17) is 0 Å². The molecule has 3 aromatic rings. The van der Waals surface area contributed by atoms with E-state index in [2.05, 4.69) is 71.9 Å². The highest BCUT2D eigenvalue weighted by molar-refractivity contribution is 7.17. The van der Waals surface area contributed by atoms with Crippen molar-refractivity contribution in [3.05, 3.63) is 71.1 Å². The van der Waals surface area contributed by atoms with Crippen molar-refractivity contribution in [1.82, 2.24) is 9.80 Å². The molecule has 1 saturated carbocycles. The van der Waals surface area contributed by atoms with Crippen molar-refractivity contribution in [2.45, 2.75) is 50.6 Å². The zero-order chi connectivity index (χ0) is 20.9. The second-order valence-corrected chi connectivity index (χ2v) is 9.51. The van der Waals surface area contributed by atoms with E-state index < -0.39 is 0 Å². The predicted molar refractivity (Wildman–Crippen MR) is 127 cm³/mol. The lowest BCUT2D eigenvalue weighted by atomic mass is 9.88. The van der Waals surface area contributed by atoms with Crippen LogP contribution < -0.4 is 0 Å². The topological polar surface area (TPSA) is 23.6 Å². The van der Waals surface area contributed by atoms with Gasteiger partial charge < -0.3 is 9.80 Å². The molecule has 1 aromatic heterocycles. The molecule has 1 amide bonds. The summed E-state index contributed by atoms with van der Waals surface area (Å²) in [5.74, 6) is 0.238. The van der Waals surface area contributed by atoms with Gasteiger partial charge in [-0.25, -0.2) is 0 Å². The van der Waals surface area contributed by atoms with Gasteiger partial charge in [0.05, 0.1) is 6.42 Å². The van der Waals surface area contributed by atoms with E-state index in [-0.39, 0.29) is 5.91 Å². The third kappa shape index (κ3) is 4.76. The molecule has 4 heteroatoms. The number of hydrogen-bond donors (Lipinski definition) is 0. The van der Waals surface area contributed by atoms with Crippen LogP contribution in [-0.4, -0.2) is 48.4 Å². The Morgan fingerprint density at radius 2 is 1.73 bits per heavy atom. The molecule has 2 atom stereocenters. The van der Waals surface area contributed by atoms with Gasteiger partial charge in [0.15, 0.2) is 0 Å². The predicted octanol–water partition coefficient (Wildman–Crippen LogP) is 5.39. The number of thiophene rings is 1. The summed E-state index contributed by atoms with van der Waals surface area (Å²) < 4.78 is 1.26. The van der Waals surface area contributed by atoms with Gasteiger partial charge in [-0.1, -0.05) is 55.3 Å². The highest BCUT2D eigenvalue weighted by Crippen LogP contribution is 2.28. The molecule has 2 aromatic carbocycles. The van der Waals surface area contributed by atoms with Crippen molar-refractivity contribution in [2.75, 3.05) is 20.6 Å². The minimum absolute atomic E-state index is 0.238. The molecule has 0 saturated heterocycles. The SMILES string of the molecule is CN(CCc1ccccc1)[C@@H]1CCCC[C@H]1N(C)C(=O)Cc1cccc2sccc12. The third-order valence-electron chi connectivity index (χ3n) is 6.67. The van der Waals surface area contributed by atoms with Gasteiger partial charge in [-0.3, -0.25) is 4.79 Å². The van der Waals surface area contributed by atoms with Crippen LogP contribution in [0.4, 0.5) is 0 Å². The Hall–Kier alpha value is -2.17. The Morgan fingerprint density at radius 3 is 2.53 bits per heavy atom. The monoisotopic (exact) mass is 420 g/mol. The van der Waals surface area contributed by atoms with Crippen LogP contribution in [0.25, 0.3) is 10.1 Å². The quantitative estimate of drug-likeness (QED) is 0.512. The van der Waals surface area contributed by atoms with Crippen molar-refractivity contribution in [1.29, 1.82) is 0 Å². The first kappa shape index (κ1) is 21.1. The summed E-state index contributed by atoms with van der Waals surface area (Å²) in [7, 11) is 4.25. The molecule has 0 aliphatic heterocycles. The molecule has 1 fully saturated rings. The van der Waals surface area contributed by atoms with Gasteiger partial charge in [0, 0.05) is 30.4 Å². The molecule has 0 radical (unpaired) electrons. The van der Waals surface area contributed by atoms with Gasteiger partial charge in [0.2, 0.25) is 5.91 Å². The molecular formula is C26H32N2OS. The van der Waals surface area contributed by atoms with Crippen LogP contribution in [0.2, 0.25) is 0 Å². The van der Waals surface area contributed by atoms with Crippen molar-refractivity contribution in [3.8, 4) is 0 Å². The molecule has 0 spiro atoms. The molecule has 3 nitrogen and oxygen atoms in total. The first-order chi connectivity index (χ1) is 14.6. The highest BCUT2D eigenvalue weighted by atomic mass is 32.1. The van der Waals surface area contributed by atoms with Crippen molar-refractivity contribution in [2.24, 2.45) is 0 Å². The summed E-state index contributed by atoms with van der Waals surface area (Å²) in [5, 5.41) is 3.34. The number of nitrogens with zero attached hydrogens (tertiary/aromatic N) is 2. The summed E-state index contributed by atoms with van der Waals surface area (Å²) in [5.41, 5.74) is 2.53. The minimum Gasteiger partial charge on any atom is -0.341 e. The van der Waals surface area contributed by atoms with E-state index >= 15 is 0 Å². The summed E-state index contributed by atoms with van der Waals surface area (Å²) in [6, 6.07) is 19.9. The van der Waals surface area contributed by atoms with Crippen LogP contribution in [0.3, 0.4) is 0 Å².